The number of aromatic amines is 1. The van der Waals surface area contributed by atoms with Crippen LogP contribution in [0.2, 0.25) is 0 Å². The lowest BCUT2D eigenvalue weighted by atomic mass is 9.92. The first-order chi connectivity index (χ1) is 14.1. The number of aryl methyl sites for hydroxylation is 1. The summed E-state index contributed by atoms with van der Waals surface area (Å²) in [7, 11) is 1.54. The number of para-hydroxylation sites is 1. The van der Waals surface area contributed by atoms with Crippen molar-refractivity contribution >= 4 is 10.9 Å². The van der Waals surface area contributed by atoms with E-state index in [4.69, 9.17) is 9.26 Å². The number of rotatable bonds is 4. The third kappa shape index (κ3) is 3.07. The van der Waals surface area contributed by atoms with Crippen LogP contribution in [0.3, 0.4) is 0 Å². The molecule has 2 aromatic heterocycles. The Morgan fingerprint density at radius 2 is 2.14 bits per heavy atom. The van der Waals surface area contributed by atoms with Crippen LogP contribution in [0.15, 0.2) is 47.0 Å². The molecular formula is C22H21FN4O2. The first-order valence-corrected chi connectivity index (χ1v) is 9.60. The zero-order valence-electron chi connectivity index (χ0n) is 16.3. The van der Waals surface area contributed by atoms with Crippen LogP contribution in [0.25, 0.3) is 10.9 Å². The van der Waals surface area contributed by atoms with Gasteiger partial charge in [0, 0.05) is 34.8 Å². The zero-order chi connectivity index (χ0) is 20.0. The van der Waals surface area contributed by atoms with Gasteiger partial charge in [-0.1, -0.05) is 29.4 Å². The number of nitrogens with zero attached hydrogens (tertiary/aromatic N) is 3. The molecule has 0 bridgehead atoms. The second kappa shape index (κ2) is 7.00. The highest BCUT2D eigenvalue weighted by Crippen LogP contribution is 2.40. The lowest BCUT2D eigenvalue weighted by Gasteiger charge is -2.35. The van der Waals surface area contributed by atoms with Gasteiger partial charge in [-0.05, 0) is 31.0 Å². The first-order valence-electron chi connectivity index (χ1n) is 9.60. The van der Waals surface area contributed by atoms with E-state index in [0.717, 1.165) is 24.2 Å². The standard InChI is InChI=1S/C22H21FN4O2/c1-13-24-20(29-26-13)12-27-10-9-16-15-5-3-4-6-19(15)25-21(16)22(27)17-8-7-14(28-2)11-18(17)23/h3-8,11,22,25H,9-10,12H2,1-2H3/t22-/m1/s1. The molecule has 3 heterocycles. The van der Waals surface area contributed by atoms with Gasteiger partial charge in [-0.3, -0.25) is 4.90 Å². The third-order valence-corrected chi connectivity index (χ3v) is 5.54. The van der Waals surface area contributed by atoms with E-state index in [9.17, 15) is 0 Å². The van der Waals surface area contributed by atoms with Crippen LogP contribution in [0, 0.1) is 12.7 Å². The Morgan fingerprint density at radius 1 is 1.28 bits per heavy atom. The van der Waals surface area contributed by atoms with Crippen molar-refractivity contribution in [3.8, 4) is 5.75 Å². The minimum absolute atomic E-state index is 0.288. The average Bonchev–Trinajstić information content (AvgIpc) is 3.31. The molecule has 0 fully saturated rings. The molecule has 0 unspecified atom stereocenters. The van der Waals surface area contributed by atoms with E-state index in [2.05, 4.69) is 32.2 Å². The quantitative estimate of drug-likeness (QED) is 0.565. The van der Waals surface area contributed by atoms with E-state index in [0.29, 0.717) is 29.6 Å². The summed E-state index contributed by atoms with van der Waals surface area (Å²) in [5, 5.41) is 5.08. The van der Waals surface area contributed by atoms with Crippen LogP contribution < -0.4 is 4.74 Å². The number of hydrogen-bond acceptors (Lipinski definition) is 5. The number of nitrogens with one attached hydrogen (secondary N) is 1. The smallest absolute Gasteiger partial charge is 0.240 e. The number of aromatic nitrogens is 3. The number of H-pyrrole nitrogens is 1. The highest BCUT2D eigenvalue weighted by atomic mass is 19.1. The molecule has 148 valence electrons. The predicted molar refractivity (Wildman–Crippen MR) is 106 cm³/mol. The Balaban J connectivity index is 1.64. The molecule has 1 aliphatic heterocycles. The topological polar surface area (TPSA) is 67.2 Å². The molecule has 0 aliphatic carbocycles. The van der Waals surface area contributed by atoms with Crippen molar-refractivity contribution in [2.24, 2.45) is 0 Å². The van der Waals surface area contributed by atoms with E-state index < -0.39 is 0 Å². The highest BCUT2D eigenvalue weighted by Gasteiger charge is 2.34. The monoisotopic (exact) mass is 392 g/mol. The summed E-state index contributed by atoms with van der Waals surface area (Å²) in [5.41, 5.74) is 3.90. The van der Waals surface area contributed by atoms with Crippen LogP contribution in [0.4, 0.5) is 4.39 Å². The summed E-state index contributed by atoms with van der Waals surface area (Å²) in [5.74, 6) is 1.32. The maximum atomic E-state index is 15.1. The molecule has 1 N–H and O–H groups in total. The Hall–Kier alpha value is -3.19. The van der Waals surface area contributed by atoms with Crippen molar-refractivity contribution in [3.63, 3.8) is 0 Å². The van der Waals surface area contributed by atoms with Gasteiger partial charge in [0.2, 0.25) is 5.89 Å². The first kappa shape index (κ1) is 17.9. The van der Waals surface area contributed by atoms with Crippen LogP contribution in [0.5, 0.6) is 5.75 Å². The molecule has 29 heavy (non-hydrogen) atoms. The predicted octanol–water partition coefficient (Wildman–Crippen LogP) is 4.15. The van der Waals surface area contributed by atoms with E-state index in [1.54, 1.807) is 19.1 Å². The van der Waals surface area contributed by atoms with E-state index in [1.807, 2.05) is 12.1 Å². The molecule has 1 atom stereocenters. The third-order valence-electron chi connectivity index (χ3n) is 5.54. The molecule has 0 radical (unpaired) electrons. The molecule has 1 aliphatic rings. The van der Waals surface area contributed by atoms with E-state index in [1.165, 1.54) is 24.1 Å². The molecule has 2 aromatic carbocycles. The maximum absolute atomic E-state index is 15.1. The SMILES string of the molecule is COc1ccc([C@@H]2c3[nH]c4ccccc4c3CCN2Cc2nc(C)no2)c(F)c1. The van der Waals surface area contributed by atoms with Crippen molar-refractivity contribution < 1.29 is 13.7 Å². The molecular weight excluding hydrogens is 371 g/mol. The number of halogens is 1. The largest absolute Gasteiger partial charge is 0.497 e. The summed E-state index contributed by atoms with van der Waals surface area (Å²) in [6.07, 6.45) is 0.862. The van der Waals surface area contributed by atoms with Gasteiger partial charge in [-0.25, -0.2) is 4.39 Å². The van der Waals surface area contributed by atoms with Gasteiger partial charge in [-0.2, -0.15) is 4.98 Å². The van der Waals surface area contributed by atoms with Gasteiger partial charge in [0.25, 0.3) is 0 Å². The summed E-state index contributed by atoms with van der Waals surface area (Å²) in [6, 6.07) is 12.9. The van der Waals surface area contributed by atoms with E-state index >= 15 is 4.39 Å². The highest BCUT2D eigenvalue weighted by molar-refractivity contribution is 5.85. The molecule has 0 spiro atoms. The molecule has 0 saturated carbocycles. The van der Waals surface area contributed by atoms with Crippen molar-refractivity contribution in [1.82, 2.24) is 20.0 Å². The molecule has 4 aromatic rings. The number of benzene rings is 2. The lowest BCUT2D eigenvalue weighted by molar-refractivity contribution is 0.173. The number of hydrogen-bond donors (Lipinski definition) is 1. The minimum Gasteiger partial charge on any atom is -0.497 e. The minimum atomic E-state index is -0.299. The fraction of sp³-hybridized carbons (Fsp3) is 0.273. The normalized spacial score (nSPS) is 16.9. The van der Waals surface area contributed by atoms with Crippen molar-refractivity contribution in [3.05, 3.63) is 76.8 Å². The Bertz CT molecular complexity index is 1180. The summed E-state index contributed by atoms with van der Waals surface area (Å²) in [6.45, 7) is 3.00. The van der Waals surface area contributed by atoms with Crippen LogP contribution in [0.1, 0.15) is 34.6 Å². The Kier molecular flexibility index (Phi) is 4.32. The molecule has 7 heteroatoms. The van der Waals surface area contributed by atoms with Crippen molar-refractivity contribution in [2.45, 2.75) is 25.9 Å². The van der Waals surface area contributed by atoms with Gasteiger partial charge in [0.1, 0.15) is 11.6 Å². The van der Waals surface area contributed by atoms with Gasteiger partial charge in [-0.15, -0.1) is 0 Å². The Morgan fingerprint density at radius 3 is 2.90 bits per heavy atom. The summed E-state index contributed by atoms with van der Waals surface area (Å²) >= 11 is 0. The number of fused-ring (bicyclic) bond motifs is 3. The van der Waals surface area contributed by atoms with Crippen molar-refractivity contribution in [2.75, 3.05) is 13.7 Å². The summed E-state index contributed by atoms with van der Waals surface area (Å²) < 4.78 is 25.6. The fourth-order valence-corrected chi connectivity index (χ4v) is 4.25. The lowest BCUT2D eigenvalue weighted by Crippen LogP contribution is -2.36. The van der Waals surface area contributed by atoms with E-state index in [-0.39, 0.29) is 11.9 Å². The maximum Gasteiger partial charge on any atom is 0.240 e. The average molecular weight is 392 g/mol. The Labute approximate surface area is 167 Å². The van der Waals surface area contributed by atoms with Crippen molar-refractivity contribution in [1.29, 1.82) is 0 Å². The second-order valence-electron chi connectivity index (χ2n) is 7.31. The van der Waals surface area contributed by atoms with Gasteiger partial charge in [0.05, 0.1) is 19.7 Å². The van der Waals surface area contributed by atoms with Crippen LogP contribution in [-0.4, -0.2) is 33.7 Å². The van der Waals surface area contributed by atoms with Gasteiger partial charge < -0.3 is 14.2 Å². The number of methoxy groups -OCH3 is 1. The zero-order valence-corrected chi connectivity index (χ0v) is 16.3. The van der Waals surface area contributed by atoms with Crippen LogP contribution in [-0.2, 0) is 13.0 Å². The molecule has 6 nitrogen and oxygen atoms in total. The molecule has 5 rings (SSSR count). The summed E-state index contributed by atoms with van der Waals surface area (Å²) in [4.78, 5) is 10.0. The molecule has 0 amide bonds. The van der Waals surface area contributed by atoms with Crippen LogP contribution >= 0.6 is 0 Å². The van der Waals surface area contributed by atoms with Gasteiger partial charge in [0.15, 0.2) is 5.82 Å². The number of ether oxygens (including phenoxy) is 1. The fourth-order valence-electron chi connectivity index (χ4n) is 4.25. The molecule has 0 saturated heterocycles. The van der Waals surface area contributed by atoms with Gasteiger partial charge >= 0.3 is 0 Å². The second-order valence-corrected chi connectivity index (χ2v) is 7.31.